The molecule has 0 N–H and O–H groups in total. The van der Waals surface area contributed by atoms with E-state index < -0.39 is 0 Å². The number of ether oxygens (including phenoxy) is 1. The van der Waals surface area contributed by atoms with Gasteiger partial charge >= 0.3 is 6.09 Å². The van der Waals surface area contributed by atoms with Crippen LogP contribution in [0.3, 0.4) is 0 Å². The number of hydrogen-bond donors (Lipinski definition) is 0. The summed E-state index contributed by atoms with van der Waals surface area (Å²) in [5, 5.41) is 2.05. The maximum absolute atomic E-state index is 12.4. The minimum Gasteiger partial charge on any atom is -0.444 e. The van der Waals surface area contributed by atoms with Crippen molar-refractivity contribution < 1.29 is 14.3 Å². The highest BCUT2D eigenvalue weighted by molar-refractivity contribution is 8.02. The van der Waals surface area contributed by atoms with Gasteiger partial charge in [0.25, 0.3) is 0 Å². The smallest absolute Gasteiger partial charge is 0.410 e. The highest BCUT2D eigenvalue weighted by Gasteiger charge is 2.37. The van der Waals surface area contributed by atoms with Crippen LogP contribution in [0.5, 0.6) is 0 Å². The number of hydrogen-bond acceptors (Lipinski definition) is 4. The van der Waals surface area contributed by atoms with E-state index in [1.54, 1.807) is 11.8 Å². The first-order chi connectivity index (χ1) is 13.2. The van der Waals surface area contributed by atoms with Crippen LogP contribution in [-0.4, -0.2) is 59.3 Å². The molecule has 0 aromatic heterocycles. The van der Waals surface area contributed by atoms with Crippen molar-refractivity contribution in [1.29, 1.82) is 0 Å². The summed E-state index contributed by atoms with van der Waals surface area (Å²) >= 11 is 1.67. The van der Waals surface area contributed by atoms with Crippen molar-refractivity contribution in [3.05, 3.63) is 41.3 Å². The summed E-state index contributed by atoms with van der Waals surface area (Å²) in [6.45, 7) is 4.19. The van der Waals surface area contributed by atoms with Crippen molar-refractivity contribution in [3.63, 3.8) is 0 Å². The molecule has 0 aliphatic carbocycles. The Morgan fingerprint density at radius 1 is 1.26 bits per heavy atom. The number of cyclic esters (lactones) is 1. The molecule has 27 heavy (non-hydrogen) atoms. The Morgan fingerprint density at radius 3 is 2.67 bits per heavy atom. The molecule has 6 heteroatoms. The fourth-order valence-corrected chi connectivity index (χ4v) is 4.22. The first-order valence-corrected chi connectivity index (χ1v) is 10.8. The maximum atomic E-state index is 12.4. The fraction of sp³-hybridized carbons (Fsp3) is 0.524. The number of benzene rings is 1. The number of amides is 2. The van der Waals surface area contributed by atoms with Gasteiger partial charge in [0.05, 0.1) is 6.54 Å². The molecule has 146 valence electrons. The van der Waals surface area contributed by atoms with Gasteiger partial charge < -0.3 is 14.5 Å². The lowest BCUT2D eigenvalue weighted by molar-refractivity contribution is -0.132. The molecule has 0 spiro atoms. The van der Waals surface area contributed by atoms with Gasteiger partial charge in [0.2, 0.25) is 5.91 Å². The van der Waals surface area contributed by atoms with E-state index in [9.17, 15) is 9.59 Å². The van der Waals surface area contributed by atoms with Gasteiger partial charge in [0, 0.05) is 31.3 Å². The van der Waals surface area contributed by atoms with E-state index in [2.05, 4.69) is 23.6 Å². The maximum Gasteiger partial charge on any atom is 0.410 e. The third-order valence-electron chi connectivity index (χ3n) is 5.21. The molecule has 1 unspecified atom stereocenters. The molecule has 5 nitrogen and oxygen atoms in total. The summed E-state index contributed by atoms with van der Waals surface area (Å²) in [6, 6.07) is 10.4. The molecule has 2 heterocycles. The molecule has 2 aliphatic heterocycles. The number of carbonyl (C=O) groups is 2. The highest BCUT2D eigenvalue weighted by Crippen LogP contribution is 2.24. The van der Waals surface area contributed by atoms with E-state index in [1.807, 2.05) is 34.9 Å². The third-order valence-corrected chi connectivity index (χ3v) is 5.97. The summed E-state index contributed by atoms with van der Waals surface area (Å²) in [4.78, 5) is 28.2. The van der Waals surface area contributed by atoms with Crippen LogP contribution in [0.15, 0.2) is 35.7 Å². The quantitative estimate of drug-likeness (QED) is 0.663. The highest BCUT2D eigenvalue weighted by atomic mass is 32.2. The van der Waals surface area contributed by atoms with Gasteiger partial charge in [-0.25, -0.2) is 4.79 Å². The zero-order chi connectivity index (χ0) is 19.1. The summed E-state index contributed by atoms with van der Waals surface area (Å²) < 4.78 is 5.36. The van der Waals surface area contributed by atoms with Gasteiger partial charge in [-0.15, -0.1) is 11.8 Å². The van der Waals surface area contributed by atoms with Gasteiger partial charge in [-0.1, -0.05) is 37.3 Å². The fourth-order valence-electron chi connectivity index (χ4n) is 3.54. The molecular formula is C21H28N2O3S. The van der Waals surface area contributed by atoms with E-state index in [4.69, 9.17) is 4.74 Å². The first kappa shape index (κ1) is 19.8. The number of nitrogens with zero attached hydrogens (tertiary/aromatic N) is 2. The molecule has 3 rings (SSSR count). The van der Waals surface area contributed by atoms with Crippen LogP contribution < -0.4 is 0 Å². The average Bonchev–Trinajstić information content (AvgIpc) is 3.09. The first-order valence-electron chi connectivity index (χ1n) is 9.75. The lowest BCUT2D eigenvalue weighted by atomic mass is 10.0. The molecule has 0 saturated carbocycles. The van der Waals surface area contributed by atoms with Crippen molar-refractivity contribution in [2.45, 2.75) is 44.8 Å². The number of likely N-dealkylation sites (tertiary alicyclic amines) is 1. The summed E-state index contributed by atoms with van der Waals surface area (Å²) in [6.07, 6.45) is 5.01. The zero-order valence-electron chi connectivity index (χ0n) is 15.9. The van der Waals surface area contributed by atoms with Gasteiger partial charge in [0.15, 0.2) is 0 Å². The summed E-state index contributed by atoms with van der Waals surface area (Å²) in [5.41, 5.74) is 1.17. The molecule has 0 radical (unpaired) electrons. The van der Waals surface area contributed by atoms with E-state index >= 15 is 0 Å². The molecule has 1 atom stereocenters. The van der Waals surface area contributed by atoms with E-state index in [0.717, 1.165) is 38.1 Å². The van der Waals surface area contributed by atoms with Crippen molar-refractivity contribution in [2.24, 2.45) is 0 Å². The van der Waals surface area contributed by atoms with Gasteiger partial charge in [-0.2, -0.15) is 0 Å². The minimum absolute atomic E-state index is 0.0260. The van der Waals surface area contributed by atoms with E-state index in [0.29, 0.717) is 13.0 Å². The van der Waals surface area contributed by atoms with Gasteiger partial charge in [0.1, 0.15) is 6.10 Å². The number of piperidine rings is 1. The lowest BCUT2D eigenvalue weighted by Gasteiger charge is -2.35. The van der Waals surface area contributed by atoms with E-state index in [-0.39, 0.29) is 24.1 Å². The molecule has 1 aromatic rings. The monoisotopic (exact) mass is 388 g/mol. The standard InChI is InChI=1S/C21H28N2O3S/c1-2-19-16-23(21(25)26-19)18-8-12-22(13-9-18)20(24)11-15-27-14-10-17-6-4-3-5-7-17/h3-7,10,14,18-19H,2,8-9,11-13,15-16H2,1H3. The van der Waals surface area contributed by atoms with Crippen LogP contribution in [0.4, 0.5) is 4.79 Å². The Labute approximate surface area is 165 Å². The van der Waals surface area contributed by atoms with Crippen LogP contribution in [0.25, 0.3) is 6.08 Å². The normalized spacial score (nSPS) is 21.1. The van der Waals surface area contributed by atoms with E-state index in [1.165, 1.54) is 5.56 Å². The topological polar surface area (TPSA) is 49.9 Å². The third kappa shape index (κ3) is 5.51. The Kier molecular flexibility index (Phi) is 7.21. The molecule has 2 aliphatic rings. The SMILES string of the molecule is CCC1CN(C2CCN(C(=O)CCSC=Cc3ccccc3)CC2)C(=O)O1. The van der Waals surface area contributed by atoms with Crippen molar-refractivity contribution in [1.82, 2.24) is 9.80 Å². The second-order valence-corrected chi connectivity index (χ2v) is 8.03. The Hall–Kier alpha value is -1.95. The summed E-state index contributed by atoms with van der Waals surface area (Å²) in [7, 11) is 0. The predicted octanol–water partition coefficient (Wildman–Crippen LogP) is 4.00. The van der Waals surface area contributed by atoms with Crippen LogP contribution in [0.1, 0.15) is 38.2 Å². The van der Waals surface area contributed by atoms with Crippen LogP contribution in [-0.2, 0) is 9.53 Å². The van der Waals surface area contributed by atoms with Crippen molar-refractivity contribution in [2.75, 3.05) is 25.4 Å². The second kappa shape index (κ2) is 9.83. The Morgan fingerprint density at radius 2 is 2.00 bits per heavy atom. The minimum atomic E-state index is -0.187. The molecular weight excluding hydrogens is 360 g/mol. The molecule has 2 amide bonds. The number of rotatable bonds is 7. The van der Waals surface area contributed by atoms with Crippen LogP contribution >= 0.6 is 11.8 Å². The Balaban J connectivity index is 1.35. The number of thioether (sulfide) groups is 1. The number of carbonyl (C=O) groups excluding carboxylic acids is 2. The van der Waals surface area contributed by atoms with Crippen LogP contribution in [0.2, 0.25) is 0 Å². The second-order valence-electron chi connectivity index (χ2n) is 7.01. The van der Waals surface area contributed by atoms with Crippen LogP contribution in [0, 0.1) is 0 Å². The largest absolute Gasteiger partial charge is 0.444 e. The van der Waals surface area contributed by atoms with Gasteiger partial charge in [-0.3, -0.25) is 4.79 Å². The average molecular weight is 389 g/mol. The lowest BCUT2D eigenvalue weighted by Crippen LogP contribution is -2.47. The molecule has 1 aromatic carbocycles. The van der Waals surface area contributed by atoms with Gasteiger partial charge in [-0.05, 0) is 36.3 Å². The molecule has 0 bridgehead atoms. The summed E-state index contributed by atoms with van der Waals surface area (Å²) in [5.74, 6) is 1.00. The zero-order valence-corrected chi connectivity index (χ0v) is 16.7. The predicted molar refractivity (Wildman–Crippen MR) is 109 cm³/mol. The molecule has 2 fully saturated rings. The Bertz CT molecular complexity index is 657. The van der Waals surface area contributed by atoms with Crippen molar-refractivity contribution in [3.8, 4) is 0 Å². The molecule has 2 saturated heterocycles. The van der Waals surface area contributed by atoms with Crippen molar-refractivity contribution >= 4 is 29.8 Å².